The molecule has 0 radical (unpaired) electrons. The molecule has 27 heavy (non-hydrogen) atoms. The van der Waals surface area contributed by atoms with E-state index >= 15 is 0 Å². The summed E-state index contributed by atoms with van der Waals surface area (Å²) in [5.74, 6) is 1.32. The Morgan fingerprint density at radius 3 is 2.93 bits per heavy atom. The van der Waals surface area contributed by atoms with Crippen molar-refractivity contribution >= 4 is 23.2 Å². The first kappa shape index (κ1) is 19.5. The summed E-state index contributed by atoms with van der Waals surface area (Å²) in [7, 11) is 1.58. The molecule has 1 N–H and O–H groups in total. The number of hydrogen-bond acceptors (Lipinski definition) is 5. The van der Waals surface area contributed by atoms with E-state index in [2.05, 4.69) is 5.32 Å². The van der Waals surface area contributed by atoms with Gasteiger partial charge in [0, 0.05) is 22.7 Å². The van der Waals surface area contributed by atoms with Crippen LogP contribution in [0.1, 0.15) is 18.1 Å². The molecular formula is C20H23ClN2O4. The Labute approximate surface area is 164 Å². The average molecular weight is 391 g/mol. The maximum absolute atomic E-state index is 12.5. The van der Waals surface area contributed by atoms with Gasteiger partial charge < -0.3 is 19.5 Å². The molecule has 0 atom stereocenters. The number of ether oxygens (including phenoxy) is 3. The predicted octanol–water partition coefficient (Wildman–Crippen LogP) is 3.68. The predicted molar refractivity (Wildman–Crippen MR) is 104 cm³/mol. The lowest BCUT2D eigenvalue weighted by molar-refractivity contribution is -0.117. The molecular weight excluding hydrogens is 368 g/mol. The fourth-order valence-corrected chi connectivity index (χ4v) is 3.30. The Morgan fingerprint density at radius 1 is 1.33 bits per heavy atom. The minimum atomic E-state index is -0.110. The van der Waals surface area contributed by atoms with Crippen LogP contribution in [0.25, 0.3) is 0 Å². The maximum atomic E-state index is 12.5. The highest BCUT2D eigenvalue weighted by Gasteiger charge is 2.19. The number of hydrogen-bond donors (Lipinski definition) is 1. The van der Waals surface area contributed by atoms with Gasteiger partial charge in [0.1, 0.15) is 11.5 Å². The Balaban J connectivity index is 1.69. The van der Waals surface area contributed by atoms with Gasteiger partial charge in [-0.1, -0.05) is 30.7 Å². The Bertz CT molecular complexity index is 813. The quantitative estimate of drug-likeness (QED) is 0.781. The first-order valence-electron chi connectivity index (χ1n) is 8.77. The van der Waals surface area contributed by atoms with Crippen LogP contribution in [0.2, 0.25) is 5.02 Å². The lowest BCUT2D eigenvalue weighted by Crippen LogP contribution is -2.33. The number of likely N-dealkylation sites (N-methyl/N-ethyl adjacent to an activating group) is 1. The highest BCUT2D eigenvalue weighted by Crippen LogP contribution is 2.32. The first-order chi connectivity index (χ1) is 13.1. The van der Waals surface area contributed by atoms with E-state index in [1.807, 2.05) is 48.2 Å². The molecule has 0 aromatic heterocycles. The average Bonchev–Trinajstić information content (AvgIpc) is 2.67. The minimum absolute atomic E-state index is 0.110. The first-order valence-corrected chi connectivity index (χ1v) is 9.15. The van der Waals surface area contributed by atoms with Crippen LogP contribution in [-0.2, 0) is 22.7 Å². The largest absolute Gasteiger partial charge is 0.495 e. The Morgan fingerprint density at radius 2 is 2.15 bits per heavy atom. The standard InChI is InChI=1S/C20H23ClN2O4/c1-3-23(11-19(24)22-17-6-4-5-7-18(17)25-2)10-14-8-16(21)9-15-12-26-13-27-20(14)15/h4-9H,3,10-13H2,1-2H3,(H,22,24). The van der Waals surface area contributed by atoms with Crippen molar-refractivity contribution in [2.24, 2.45) is 0 Å². The highest BCUT2D eigenvalue weighted by atomic mass is 35.5. The molecule has 1 aliphatic rings. The van der Waals surface area contributed by atoms with Crippen molar-refractivity contribution in [3.05, 3.63) is 52.5 Å². The third-order valence-corrected chi connectivity index (χ3v) is 4.56. The maximum Gasteiger partial charge on any atom is 0.238 e. The number of fused-ring (bicyclic) bond motifs is 1. The fraction of sp³-hybridized carbons (Fsp3) is 0.350. The van der Waals surface area contributed by atoms with Crippen molar-refractivity contribution in [1.29, 1.82) is 0 Å². The van der Waals surface area contributed by atoms with Gasteiger partial charge in [-0.2, -0.15) is 0 Å². The lowest BCUT2D eigenvalue weighted by Gasteiger charge is -2.25. The smallest absolute Gasteiger partial charge is 0.238 e. The van der Waals surface area contributed by atoms with Gasteiger partial charge >= 0.3 is 0 Å². The lowest BCUT2D eigenvalue weighted by atomic mass is 10.1. The van der Waals surface area contributed by atoms with Crippen molar-refractivity contribution in [3.8, 4) is 11.5 Å². The second kappa shape index (κ2) is 9.08. The number of methoxy groups -OCH3 is 1. The van der Waals surface area contributed by atoms with Crippen molar-refractivity contribution in [1.82, 2.24) is 4.90 Å². The molecule has 1 aliphatic heterocycles. The zero-order chi connectivity index (χ0) is 19.2. The number of para-hydroxylation sites is 2. The molecule has 0 fully saturated rings. The molecule has 2 aromatic rings. The summed E-state index contributed by atoms with van der Waals surface area (Å²) in [6, 6.07) is 11.1. The van der Waals surface area contributed by atoms with E-state index in [0.29, 0.717) is 36.2 Å². The van der Waals surface area contributed by atoms with Crippen LogP contribution in [0, 0.1) is 0 Å². The highest BCUT2D eigenvalue weighted by molar-refractivity contribution is 6.30. The molecule has 1 heterocycles. The zero-order valence-corrected chi connectivity index (χ0v) is 16.2. The third kappa shape index (κ3) is 4.91. The number of carbonyl (C=O) groups is 1. The third-order valence-electron chi connectivity index (χ3n) is 4.34. The van der Waals surface area contributed by atoms with Crippen LogP contribution in [-0.4, -0.2) is 37.8 Å². The van der Waals surface area contributed by atoms with Crippen molar-refractivity contribution < 1.29 is 19.0 Å². The molecule has 7 heteroatoms. The topological polar surface area (TPSA) is 60.0 Å². The number of rotatable bonds is 7. The van der Waals surface area contributed by atoms with E-state index in [9.17, 15) is 4.79 Å². The molecule has 0 unspecified atom stereocenters. The number of nitrogens with one attached hydrogen (secondary N) is 1. The second-order valence-electron chi connectivity index (χ2n) is 6.22. The van der Waals surface area contributed by atoms with E-state index in [1.165, 1.54) is 0 Å². The summed E-state index contributed by atoms with van der Waals surface area (Å²) in [6.07, 6.45) is 0. The van der Waals surface area contributed by atoms with Crippen LogP contribution >= 0.6 is 11.6 Å². The minimum Gasteiger partial charge on any atom is -0.495 e. The number of amides is 1. The van der Waals surface area contributed by atoms with Crippen molar-refractivity contribution in [3.63, 3.8) is 0 Å². The molecule has 3 rings (SSSR count). The normalized spacial score (nSPS) is 13.0. The summed E-state index contributed by atoms with van der Waals surface area (Å²) in [5, 5.41) is 3.53. The van der Waals surface area contributed by atoms with Crippen LogP contribution in [0.15, 0.2) is 36.4 Å². The van der Waals surface area contributed by atoms with Crippen LogP contribution < -0.4 is 14.8 Å². The van der Waals surface area contributed by atoms with Gasteiger partial charge in [0.25, 0.3) is 0 Å². The molecule has 0 saturated carbocycles. The summed E-state index contributed by atoms with van der Waals surface area (Å²) in [5.41, 5.74) is 2.53. The summed E-state index contributed by atoms with van der Waals surface area (Å²) in [4.78, 5) is 14.5. The summed E-state index contributed by atoms with van der Waals surface area (Å²) in [6.45, 7) is 4.21. The summed E-state index contributed by atoms with van der Waals surface area (Å²) >= 11 is 6.23. The second-order valence-corrected chi connectivity index (χ2v) is 6.65. The molecule has 6 nitrogen and oxygen atoms in total. The molecule has 0 aliphatic carbocycles. The molecule has 0 saturated heterocycles. The number of benzene rings is 2. The zero-order valence-electron chi connectivity index (χ0n) is 15.5. The Kier molecular flexibility index (Phi) is 6.55. The SMILES string of the molecule is CCN(CC(=O)Nc1ccccc1OC)Cc1cc(Cl)cc2c1OCOC2. The molecule has 0 spiro atoms. The number of halogens is 1. The van der Waals surface area contributed by atoms with Crippen molar-refractivity contribution in [2.45, 2.75) is 20.1 Å². The summed E-state index contributed by atoms with van der Waals surface area (Å²) < 4.78 is 16.3. The molecule has 0 bridgehead atoms. The Hall–Kier alpha value is -2.28. The van der Waals surface area contributed by atoms with Gasteiger partial charge in [-0.25, -0.2) is 0 Å². The number of carbonyl (C=O) groups excluding carboxylic acids is 1. The number of nitrogens with zero attached hydrogens (tertiary/aromatic N) is 1. The van der Waals surface area contributed by atoms with Gasteiger partial charge in [-0.3, -0.25) is 9.69 Å². The number of anilines is 1. The van der Waals surface area contributed by atoms with E-state index in [4.69, 9.17) is 25.8 Å². The van der Waals surface area contributed by atoms with Gasteiger partial charge in [0.05, 0.1) is 25.9 Å². The van der Waals surface area contributed by atoms with Gasteiger partial charge in [0.15, 0.2) is 6.79 Å². The van der Waals surface area contributed by atoms with E-state index in [-0.39, 0.29) is 19.2 Å². The van der Waals surface area contributed by atoms with Crippen LogP contribution in [0.3, 0.4) is 0 Å². The van der Waals surface area contributed by atoms with E-state index in [0.717, 1.165) is 16.9 Å². The van der Waals surface area contributed by atoms with E-state index in [1.54, 1.807) is 7.11 Å². The van der Waals surface area contributed by atoms with Gasteiger partial charge in [0.2, 0.25) is 5.91 Å². The fourth-order valence-electron chi connectivity index (χ4n) is 3.04. The van der Waals surface area contributed by atoms with Gasteiger partial charge in [-0.05, 0) is 30.8 Å². The van der Waals surface area contributed by atoms with Gasteiger partial charge in [-0.15, -0.1) is 0 Å². The molecule has 1 amide bonds. The monoisotopic (exact) mass is 390 g/mol. The van der Waals surface area contributed by atoms with E-state index < -0.39 is 0 Å². The van der Waals surface area contributed by atoms with Crippen molar-refractivity contribution in [2.75, 3.05) is 32.3 Å². The molecule has 144 valence electrons. The van der Waals surface area contributed by atoms with Crippen LogP contribution in [0.4, 0.5) is 5.69 Å². The molecule has 2 aromatic carbocycles. The van der Waals surface area contributed by atoms with Crippen LogP contribution in [0.5, 0.6) is 11.5 Å².